The Balaban J connectivity index is 1.67. The number of hydrogen-bond donors (Lipinski definition) is 2. The summed E-state index contributed by atoms with van der Waals surface area (Å²) in [6.45, 7) is 4.08. The molecule has 1 saturated carbocycles. The first kappa shape index (κ1) is 11.4. The van der Waals surface area contributed by atoms with Gasteiger partial charge in [-0.05, 0) is 18.9 Å². The van der Waals surface area contributed by atoms with Gasteiger partial charge in [-0.25, -0.2) is 9.97 Å². The van der Waals surface area contributed by atoms with Crippen molar-refractivity contribution in [1.82, 2.24) is 14.9 Å². The number of nitrogens with zero attached hydrogens (tertiary/aromatic N) is 4. The van der Waals surface area contributed by atoms with Gasteiger partial charge in [0.15, 0.2) is 0 Å². The van der Waals surface area contributed by atoms with Gasteiger partial charge in [-0.3, -0.25) is 10.3 Å². The standard InChI is InChI=1S/C12H18N6/c13-11(14)10-3-4-15-12(16-10)18-7-5-17(6-8-18)9-1-2-9/h3-4,9H,1-2,5-8H2,(H3,13,14). The van der Waals surface area contributed by atoms with Crippen LogP contribution in [0, 0.1) is 5.41 Å². The van der Waals surface area contributed by atoms with Gasteiger partial charge in [-0.1, -0.05) is 0 Å². The second kappa shape index (κ2) is 4.53. The van der Waals surface area contributed by atoms with E-state index in [1.165, 1.54) is 12.8 Å². The van der Waals surface area contributed by atoms with Crippen LogP contribution in [0.2, 0.25) is 0 Å². The molecule has 0 aromatic carbocycles. The van der Waals surface area contributed by atoms with E-state index >= 15 is 0 Å². The smallest absolute Gasteiger partial charge is 0.226 e. The first-order chi connectivity index (χ1) is 8.74. The number of nitrogens with one attached hydrogen (secondary N) is 1. The molecule has 0 radical (unpaired) electrons. The average Bonchev–Trinajstić information content (AvgIpc) is 3.23. The molecule has 1 aliphatic carbocycles. The van der Waals surface area contributed by atoms with E-state index in [9.17, 15) is 0 Å². The van der Waals surface area contributed by atoms with Crippen molar-refractivity contribution in [2.24, 2.45) is 5.73 Å². The summed E-state index contributed by atoms with van der Waals surface area (Å²) in [4.78, 5) is 13.3. The zero-order valence-corrected chi connectivity index (χ0v) is 10.3. The molecule has 3 rings (SSSR count). The lowest BCUT2D eigenvalue weighted by Gasteiger charge is -2.34. The van der Waals surface area contributed by atoms with Crippen LogP contribution in [0.15, 0.2) is 12.3 Å². The van der Waals surface area contributed by atoms with Gasteiger partial charge < -0.3 is 10.6 Å². The predicted molar refractivity (Wildman–Crippen MR) is 69.9 cm³/mol. The van der Waals surface area contributed by atoms with Gasteiger partial charge in [0.2, 0.25) is 5.95 Å². The van der Waals surface area contributed by atoms with Crippen molar-refractivity contribution in [3.63, 3.8) is 0 Å². The molecule has 2 fully saturated rings. The lowest BCUT2D eigenvalue weighted by atomic mass is 10.3. The highest BCUT2D eigenvalue weighted by molar-refractivity contribution is 5.93. The Hall–Kier alpha value is -1.69. The summed E-state index contributed by atoms with van der Waals surface area (Å²) in [5.41, 5.74) is 5.95. The molecule has 1 aliphatic heterocycles. The second-order valence-corrected chi connectivity index (χ2v) is 4.91. The summed E-state index contributed by atoms with van der Waals surface area (Å²) >= 11 is 0. The fraction of sp³-hybridized carbons (Fsp3) is 0.583. The highest BCUT2D eigenvalue weighted by Crippen LogP contribution is 2.27. The van der Waals surface area contributed by atoms with Gasteiger partial charge in [-0.2, -0.15) is 0 Å². The second-order valence-electron chi connectivity index (χ2n) is 4.91. The minimum atomic E-state index is -0.00438. The molecule has 0 atom stereocenters. The zero-order valence-electron chi connectivity index (χ0n) is 10.3. The van der Waals surface area contributed by atoms with Crippen molar-refractivity contribution < 1.29 is 0 Å². The molecule has 96 valence electrons. The summed E-state index contributed by atoms with van der Waals surface area (Å²) in [6, 6.07) is 2.50. The van der Waals surface area contributed by atoms with Crippen molar-refractivity contribution in [3.8, 4) is 0 Å². The number of amidine groups is 1. The van der Waals surface area contributed by atoms with E-state index in [1.807, 2.05) is 0 Å². The highest BCUT2D eigenvalue weighted by atomic mass is 15.3. The fourth-order valence-electron chi connectivity index (χ4n) is 2.38. The van der Waals surface area contributed by atoms with Crippen LogP contribution in [-0.4, -0.2) is 52.9 Å². The van der Waals surface area contributed by atoms with Crippen LogP contribution >= 0.6 is 0 Å². The molecule has 1 aromatic heterocycles. The minimum Gasteiger partial charge on any atom is -0.382 e. The van der Waals surface area contributed by atoms with Crippen LogP contribution in [0.5, 0.6) is 0 Å². The summed E-state index contributed by atoms with van der Waals surface area (Å²) < 4.78 is 0. The molecule has 1 saturated heterocycles. The maximum Gasteiger partial charge on any atom is 0.226 e. The van der Waals surface area contributed by atoms with E-state index in [0.29, 0.717) is 11.6 Å². The molecule has 0 amide bonds. The van der Waals surface area contributed by atoms with Gasteiger partial charge in [0.05, 0.1) is 0 Å². The Morgan fingerprint density at radius 3 is 2.61 bits per heavy atom. The number of hydrogen-bond acceptors (Lipinski definition) is 5. The van der Waals surface area contributed by atoms with Gasteiger partial charge in [0.25, 0.3) is 0 Å². The van der Waals surface area contributed by atoms with Crippen LogP contribution in [0.25, 0.3) is 0 Å². The lowest BCUT2D eigenvalue weighted by Crippen LogP contribution is -2.47. The molecule has 3 N–H and O–H groups in total. The first-order valence-electron chi connectivity index (χ1n) is 6.40. The molecule has 0 unspecified atom stereocenters. The fourth-order valence-corrected chi connectivity index (χ4v) is 2.38. The number of piperazine rings is 1. The summed E-state index contributed by atoms with van der Waals surface area (Å²) in [7, 11) is 0. The summed E-state index contributed by atoms with van der Waals surface area (Å²) in [6.07, 6.45) is 4.39. The quantitative estimate of drug-likeness (QED) is 0.581. The van der Waals surface area contributed by atoms with E-state index in [2.05, 4.69) is 19.8 Å². The molecule has 6 nitrogen and oxygen atoms in total. The van der Waals surface area contributed by atoms with Crippen LogP contribution in [0.1, 0.15) is 18.5 Å². The van der Waals surface area contributed by atoms with Crippen molar-refractivity contribution in [3.05, 3.63) is 18.0 Å². The van der Waals surface area contributed by atoms with E-state index in [0.717, 1.165) is 32.2 Å². The molecule has 0 spiro atoms. The van der Waals surface area contributed by atoms with Gasteiger partial charge in [0, 0.05) is 38.4 Å². The lowest BCUT2D eigenvalue weighted by molar-refractivity contribution is 0.247. The maximum atomic E-state index is 7.40. The number of rotatable bonds is 3. The Morgan fingerprint density at radius 1 is 1.28 bits per heavy atom. The first-order valence-corrected chi connectivity index (χ1v) is 6.40. The Labute approximate surface area is 106 Å². The number of nitrogens with two attached hydrogens (primary N) is 1. The van der Waals surface area contributed by atoms with Crippen molar-refractivity contribution in [2.45, 2.75) is 18.9 Å². The van der Waals surface area contributed by atoms with Crippen molar-refractivity contribution in [2.75, 3.05) is 31.1 Å². The third-order valence-electron chi connectivity index (χ3n) is 3.58. The molecule has 2 aliphatic rings. The van der Waals surface area contributed by atoms with E-state index in [-0.39, 0.29) is 5.84 Å². The normalized spacial score (nSPS) is 21.0. The van der Waals surface area contributed by atoms with E-state index < -0.39 is 0 Å². The average molecular weight is 246 g/mol. The Morgan fingerprint density at radius 2 is 2.00 bits per heavy atom. The van der Waals surface area contributed by atoms with E-state index in [4.69, 9.17) is 11.1 Å². The maximum absolute atomic E-state index is 7.40. The van der Waals surface area contributed by atoms with Gasteiger partial charge >= 0.3 is 0 Å². The van der Waals surface area contributed by atoms with Crippen LogP contribution < -0.4 is 10.6 Å². The van der Waals surface area contributed by atoms with Gasteiger partial charge in [0.1, 0.15) is 11.5 Å². The SMILES string of the molecule is N=C(N)c1ccnc(N2CCN(C3CC3)CC2)n1. The Bertz CT molecular complexity index is 448. The monoisotopic (exact) mass is 246 g/mol. The molecule has 18 heavy (non-hydrogen) atoms. The third-order valence-corrected chi connectivity index (χ3v) is 3.58. The molecule has 6 heteroatoms. The van der Waals surface area contributed by atoms with Crippen molar-refractivity contribution in [1.29, 1.82) is 5.41 Å². The van der Waals surface area contributed by atoms with E-state index in [1.54, 1.807) is 12.3 Å². The minimum absolute atomic E-state index is 0.00438. The van der Waals surface area contributed by atoms with Crippen LogP contribution in [0.4, 0.5) is 5.95 Å². The highest BCUT2D eigenvalue weighted by Gasteiger charge is 2.31. The zero-order chi connectivity index (χ0) is 12.5. The number of nitrogen functional groups attached to an aromatic ring is 1. The summed E-state index contributed by atoms with van der Waals surface area (Å²) in [5, 5.41) is 7.40. The topological polar surface area (TPSA) is 82.1 Å². The van der Waals surface area contributed by atoms with Crippen molar-refractivity contribution >= 4 is 11.8 Å². The molecule has 1 aromatic rings. The van der Waals surface area contributed by atoms with Crippen LogP contribution in [-0.2, 0) is 0 Å². The summed E-state index contributed by atoms with van der Waals surface area (Å²) in [5.74, 6) is 0.688. The third kappa shape index (κ3) is 2.28. The van der Waals surface area contributed by atoms with Gasteiger partial charge in [-0.15, -0.1) is 0 Å². The number of aromatic nitrogens is 2. The van der Waals surface area contributed by atoms with Crippen LogP contribution in [0.3, 0.4) is 0 Å². The largest absolute Gasteiger partial charge is 0.382 e. The number of anilines is 1. The molecule has 0 bridgehead atoms. The molecule has 2 heterocycles. The molecular weight excluding hydrogens is 228 g/mol. The Kier molecular flexibility index (Phi) is 2.87. The molecular formula is C12H18N6. The predicted octanol–water partition coefficient (Wildman–Crippen LogP) is 0.0451.